The zero-order chi connectivity index (χ0) is 10.1. The summed E-state index contributed by atoms with van der Waals surface area (Å²) in [7, 11) is 0. The molecule has 14 heavy (non-hydrogen) atoms. The monoisotopic (exact) mass is 336 g/mol. The van der Waals surface area contributed by atoms with E-state index in [1.54, 1.807) is 6.07 Å². The van der Waals surface area contributed by atoms with Gasteiger partial charge in [-0.15, -0.1) is 0 Å². The van der Waals surface area contributed by atoms with Crippen LogP contribution < -0.4 is 0 Å². The van der Waals surface area contributed by atoms with Gasteiger partial charge in [-0.25, -0.2) is 9.37 Å². The molecule has 0 aliphatic heterocycles. The van der Waals surface area contributed by atoms with Crippen molar-refractivity contribution in [1.29, 1.82) is 0 Å². The highest BCUT2D eigenvalue weighted by Crippen LogP contribution is 2.30. The van der Waals surface area contributed by atoms with E-state index in [0.29, 0.717) is 9.21 Å². The summed E-state index contributed by atoms with van der Waals surface area (Å²) in [5.74, 6) is -0.274. The Labute approximate surface area is 101 Å². The average Bonchev–Trinajstić information content (AvgIpc) is 2.51. The second kappa shape index (κ2) is 4.04. The Morgan fingerprint density at radius 2 is 2.07 bits per heavy atom. The molecule has 1 aromatic heterocycles. The maximum absolute atomic E-state index is 12.8. The Balaban J connectivity index is 2.52. The molecule has 1 heterocycles. The highest BCUT2D eigenvalue weighted by Gasteiger charge is 2.08. The van der Waals surface area contributed by atoms with E-state index in [1.165, 1.54) is 23.7 Å². The van der Waals surface area contributed by atoms with Gasteiger partial charge in [-0.3, -0.25) is 0 Å². The van der Waals surface area contributed by atoms with Crippen LogP contribution in [0.1, 0.15) is 0 Å². The van der Waals surface area contributed by atoms with Crippen molar-refractivity contribution in [2.75, 3.05) is 0 Å². The zero-order valence-corrected chi connectivity index (χ0v) is 10.7. The minimum Gasteiger partial charge on any atom is -0.209 e. The number of nitrogens with zero attached hydrogens (tertiary/aromatic N) is 2. The van der Waals surface area contributed by atoms with Gasteiger partial charge in [0.25, 0.3) is 0 Å². The molecule has 0 bridgehead atoms. The molecule has 0 unspecified atom stereocenters. The van der Waals surface area contributed by atoms with Gasteiger partial charge >= 0.3 is 0 Å². The lowest BCUT2D eigenvalue weighted by Crippen LogP contribution is -1.80. The number of aromatic nitrogens is 2. The van der Waals surface area contributed by atoms with Gasteiger partial charge in [0, 0.05) is 10.0 Å². The quantitative estimate of drug-likeness (QED) is 0.789. The molecular weight excluding hydrogens is 335 g/mol. The lowest BCUT2D eigenvalue weighted by atomic mass is 10.2. The molecule has 0 aliphatic rings. The molecule has 0 aliphatic carbocycles. The van der Waals surface area contributed by atoms with Crippen molar-refractivity contribution in [1.82, 2.24) is 9.36 Å². The first-order valence-corrected chi connectivity index (χ1v) is 5.97. The standard InChI is InChI=1S/C8H3Br2FN2S/c9-6-3-4(11)1-2-5(6)7-12-8(10)13-14-7/h1-3H. The lowest BCUT2D eigenvalue weighted by Gasteiger charge is -1.98. The van der Waals surface area contributed by atoms with Crippen LogP contribution in [-0.2, 0) is 0 Å². The Bertz CT molecular complexity index is 472. The van der Waals surface area contributed by atoms with Crippen molar-refractivity contribution >= 4 is 43.4 Å². The fourth-order valence-corrected chi connectivity index (χ4v) is 2.77. The fraction of sp³-hybridized carbons (Fsp3) is 0. The Hall–Kier alpha value is -0.330. The van der Waals surface area contributed by atoms with Gasteiger partial charge < -0.3 is 0 Å². The van der Waals surface area contributed by atoms with Crippen molar-refractivity contribution in [2.24, 2.45) is 0 Å². The van der Waals surface area contributed by atoms with Crippen molar-refractivity contribution in [3.63, 3.8) is 0 Å². The second-order valence-corrected chi connectivity index (χ2v) is 4.81. The smallest absolute Gasteiger partial charge is 0.209 e. The van der Waals surface area contributed by atoms with Crippen LogP contribution in [-0.4, -0.2) is 9.36 Å². The Morgan fingerprint density at radius 1 is 1.29 bits per heavy atom. The summed E-state index contributed by atoms with van der Waals surface area (Å²) in [6, 6.07) is 4.48. The molecule has 0 N–H and O–H groups in total. The molecule has 2 aromatic rings. The predicted octanol–water partition coefficient (Wildman–Crippen LogP) is 3.87. The van der Waals surface area contributed by atoms with E-state index < -0.39 is 0 Å². The van der Waals surface area contributed by atoms with Gasteiger partial charge in [-0.05, 0) is 61.6 Å². The molecule has 0 saturated heterocycles. The third-order valence-electron chi connectivity index (χ3n) is 1.56. The fourth-order valence-electron chi connectivity index (χ4n) is 0.978. The molecule has 0 fully saturated rings. The van der Waals surface area contributed by atoms with Crippen LogP contribution in [0, 0.1) is 5.82 Å². The number of benzene rings is 1. The Kier molecular flexibility index (Phi) is 2.94. The lowest BCUT2D eigenvalue weighted by molar-refractivity contribution is 0.627. The molecular formula is C8H3Br2FN2S. The summed E-state index contributed by atoms with van der Waals surface area (Å²) in [6.07, 6.45) is 0. The molecule has 0 saturated carbocycles. The largest absolute Gasteiger partial charge is 0.209 e. The molecule has 72 valence electrons. The number of hydrogen-bond donors (Lipinski definition) is 0. The van der Waals surface area contributed by atoms with Gasteiger partial charge in [-0.2, -0.15) is 4.37 Å². The maximum atomic E-state index is 12.8. The Morgan fingerprint density at radius 3 is 2.64 bits per heavy atom. The van der Waals surface area contributed by atoms with Gasteiger partial charge in [0.05, 0.1) is 0 Å². The average molecular weight is 338 g/mol. The molecule has 1 aromatic carbocycles. The second-order valence-electron chi connectivity index (χ2n) is 2.49. The van der Waals surface area contributed by atoms with E-state index in [1.807, 2.05) is 0 Å². The van der Waals surface area contributed by atoms with Crippen LogP contribution in [0.2, 0.25) is 0 Å². The minimum atomic E-state index is -0.274. The molecule has 0 atom stereocenters. The van der Waals surface area contributed by atoms with Crippen molar-refractivity contribution in [3.8, 4) is 10.6 Å². The molecule has 0 spiro atoms. The van der Waals surface area contributed by atoms with Crippen molar-refractivity contribution in [2.45, 2.75) is 0 Å². The third kappa shape index (κ3) is 2.02. The third-order valence-corrected chi connectivity index (χ3v) is 3.56. The molecule has 6 heteroatoms. The van der Waals surface area contributed by atoms with Crippen LogP contribution in [0.5, 0.6) is 0 Å². The van der Waals surface area contributed by atoms with Crippen LogP contribution in [0.4, 0.5) is 4.39 Å². The van der Waals surface area contributed by atoms with E-state index in [0.717, 1.165) is 10.6 Å². The van der Waals surface area contributed by atoms with E-state index >= 15 is 0 Å². The SMILES string of the molecule is Fc1ccc(-c2nc(Br)ns2)c(Br)c1. The summed E-state index contributed by atoms with van der Waals surface area (Å²) < 4.78 is 18.0. The van der Waals surface area contributed by atoms with E-state index in [9.17, 15) is 4.39 Å². The van der Waals surface area contributed by atoms with Gasteiger partial charge in [0.15, 0.2) is 0 Å². The summed E-state index contributed by atoms with van der Waals surface area (Å²) in [6.45, 7) is 0. The zero-order valence-electron chi connectivity index (χ0n) is 6.67. The van der Waals surface area contributed by atoms with Gasteiger partial charge in [0.2, 0.25) is 4.73 Å². The first kappa shape index (κ1) is 10.2. The number of halogens is 3. The minimum absolute atomic E-state index is 0.274. The van der Waals surface area contributed by atoms with E-state index in [4.69, 9.17) is 0 Å². The summed E-state index contributed by atoms with van der Waals surface area (Å²) in [5.41, 5.74) is 0.842. The first-order valence-electron chi connectivity index (χ1n) is 3.61. The molecule has 0 amide bonds. The normalized spacial score (nSPS) is 10.5. The van der Waals surface area contributed by atoms with Crippen LogP contribution in [0.25, 0.3) is 10.6 Å². The maximum Gasteiger partial charge on any atom is 0.209 e. The van der Waals surface area contributed by atoms with E-state index in [-0.39, 0.29) is 5.82 Å². The van der Waals surface area contributed by atoms with Crippen LogP contribution in [0.3, 0.4) is 0 Å². The van der Waals surface area contributed by atoms with Crippen molar-refractivity contribution in [3.05, 3.63) is 33.2 Å². The topological polar surface area (TPSA) is 25.8 Å². The molecule has 0 radical (unpaired) electrons. The summed E-state index contributed by atoms with van der Waals surface area (Å²) in [4.78, 5) is 4.14. The first-order chi connectivity index (χ1) is 6.66. The predicted molar refractivity (Wildman–Crippen MR) is 60.7 cm³/mol. The number of hydrogen-bond acceptors (Lipinski definition) is 3. The van der Waals surface area contributed by atoms with Crippen LogP contribution >= 0.6 is 43.4 Å². The van der Waals surface area contributed by atoms with E-state index in [2.05, 4.69) is 41.2 Å². The molecule has 2 nitrogen and oxygen atoms in total. The van der Waals surface area contributed by atoms with Gasteiger partial charge in [-0.1, -0.05) is 0 Å². The highest BCUT2D eigenvalue weighted by molar-refractivity contribution is 9.10. The summed E-state index contributed by atoms with van der Waals surface area (Å²) in [5, 5.41) is 0.753. The highest BCUT2D eigenvalue weighted by atomic mass is 79.9. The molecule has 2 rings (SSSR count). The van der Waals surface area contributed by atoms with Crippen molar-refractivity contribution < 1.29 is 4.39 Å². The van der Waals surface area contributed by atoms with Crippen LogP contribution in [0.15, 0.2) is 27.4 Å². The van der Waals surface area contributed by atoms with Gasteiger partial charge in [0.1, 0.15) is 10.8 Å². The summed E-state index contributed by atoms with van der Waals surface area (Å²) >= 11 is 7.71. The number of rotatable bonds is 1.